The van der Waals surface area contributed by atoms with Crippen LogP contribution in [-0.2, 0) is 16.1 Å². The molecule has 2 bridgehead atoms. The molecule has 2 fully saturated rings. The van der Waals surface area contributed by atoms with Gasteiger partial charge in [0.1, 0.15) is 6.61 Å². The zero-order valence-corrected chi connectivity index (χ0v) is 15.8. The van der Waals surface area contributed by atoms with Crippen molar-refractivity contribution in [1.29, 1.82) is 0 Å². The minimum Gasteiger partial charge on any atom is -0.445 e. The molecule has 2 aliphatic heterocycles. The van der Waals surface area contributed by atoms with Gasteiger partial charge in [0.05, 0.1) is 30.9 Å². The molecule has 5 heteroatoms. The van der Waals surface area contributed by atoms with Crippen LogP contribution in [0.2, 0.25) is 0 Å². The number of carbonyl (C=O) groups is 1. The van der Waals surface area contributed by atoms with Crippen molar-refractivity contribution in [3.05, 3.63) is 78.4 Å². The second-order valence-corrected chi connectivity index (χ2v) is 7.58. The number of amides is 1. The van der Waals surface area contributed by atoms with E-state index in [1.165, 1.54) is 0 Å². The number of ether oxygens (including phenoxy) is 2. The minimum atomic E-state index is -1.06. The Bertz CT molecular complexity index is 822. The van der Waals surface area contributed by atoms with E-state index in [1.54, 1.807) is 4.90 Å². The van der Waals surface area contributed by atoms with Crippen LogP contribution in [0.4, 0.5) is 4.79 Å². The lowest BCUT2D eigenvalue weighted by molar-refractivity contribution is -0.114. The molecule has 0 spiro atoms. The largest absolute Gasteiger partial charge is 0.445 e. The normalized spacial score (nSPS) is 26.5. The summed E-state index contributed by atoms with van der Waals surface area (Å²) in [5.74, 6) is 0. The molecule has 1 amide bonds. The standard InChI is InChI=1S/C23H25NO4/c1-17(19-10-6-3-7-11-19)23(26)12-20-15-27-16-21(13-23)24(20)22(25)28-14-18-8-4-2-5-9-18/h2-11,20-21,26H,1,12-16H2. The van der Waals surface area contributed by atoms with Gasteiger partial charge in [-0.15, -0.1) is 0 Å². The first-order chi connectivity index (χ1) is 13.6. The van der Waals surface area contributed by atoms with Crippen LogP contribution >= 0.6 is 0 Å². The van der Waals surface area contributed by atoms with Gasteiger partial charge < -0.3 is 14.6 Å². The SMILES string of the molecule is C=C(c1ccccc1)C1(O)CC2COCC(C1)N2C(=O)OCc1ccccc1. The lowest BCUT2D eigenvalue weighted by atomic mass is 9.75. The molecular weight excluding hydrogens is 354 g/mol. The van der Waals surface area contributed by atoms with E-state index < -0.39 is 5.60 Å². The number of rotatable bonds is 4. The fraction of sp³-hybridized carbons (Fsp3) is 0.348. The highest BCUT2D eigenvalue weighted by atomic mass is 16.6. The third-order valence-corrected chi connectivity index (χ3v) is 5.65. The van der Waals surface area contributed by atoms with Crippen molar-refractivity contribution in [3.63, 3.8) is 0 Å². The molecule has 28 heavy (non-hydrogen) atoms. The fourth-order valence-corrected chi connectivity index (χ4v) is 4.22. The van der Waals surface area contributed by atoms with E-state index in [4.69, 9.17) is 9.47 Å². The van der Waals surface area contributed by atoms with Crippen LogP contribution in [0.5, 0.6) is 0 Å². The van der Waals surface area contributed by atoms with Crippen LogP contribution in [0.25, 0.3) is 5.57 Å². The average molecular weight is 379 g/mol. The Hall–Kier alpha value is -2.63. The highest BCUT2D eigenvalue weighted by Crippen LogP contribution is 2.42. The lowest BCUT2D eigenvalue weighted by Crippen LogP contribution is -2.63. The Morgan fingerprint density at radius 2 is 1.64 bits per heavy atom. The Kier molecular flexibility index (Phi) is 5.20. The van der Waals surface area contributed by atoms with Gasteiger partial charge in [-0.1, -0.05) is 67.2 Å². The number of hydrogen-bond acceptors (Lipinski definition) is 4. The molecule has 5 nitrogen and oxygen atoms in total. The highest BCUT2D eigenvalue weighted by Gasteiger charge is 2.49. The third kappa shape index (κ3) is 3.68. The minimum absolute atomic E-state index is 0.234. The maximum absolute atomic E-state index is 12.8. The maximum Gasteiger partial charge on any atom is 0.410 e. The van der Waals surface area contributed by atoms with Gasteiger partial charge in [0.2, 0.25) is 0 Å². The summed E-state index contributed by atoms with van der Waals surface area (Å²) in [6, 6.07) is 18.9. The zero-order valence-electron chi connectivity index (χ0n) is 15.8. The predicted molar refractivity (Wildman–Crippen MR) is 107 cm³/mol. The first-order valence-electron chi connectivity index (χ1n) is 9.61. The zero-order chi connectivity index (χ0) is 19.6. The number of carbonyl (C=O) groups excluding carboxylic acids is 1. The fourth-order valence-electron chi connectivity index (χ4n) is 4.22. The van der Waals surface area contributed by atoms with Crippen LogP contribution in [0.3, 0.4) is 0 Å². The van der Waals surface area contributed by atoms with Crippen molar-refractivity contribution in [2.24, 2.45) is 0 Å². The molecule has 2 unspecified atom stereocenters. The van der Waals surface area contributed by atoms with Crippen molar-refractivity contribution in [3.8, 4) is 0 Å². The summed E-state index contributed by atoms with van der Waals surface area (Å²) < 4.78 is 11.2. The van der Waals surface area contributed by atoms with Gasteiger partial charge >= 0.3 is 6.09 Å². The molecular formula is C23H25NO4. The molecule has 2 atom stereocenters. The van der Waals surface area contributed by atoms with Crippen molar-refractivity contribution in [2.45, 2.75) is 37.1 Å². The van der Waals surface area contributed by atoms with E-state index in [2.05, 4.69) is 6.58 Å². The number of hydrogen-bond donors (Lipinski definition) is 1. The smallest absolute Gasteiger partial charge is 0.410 e. The molecule has 0 saturated carbocycles. The first-order valence-corrected chi connectivity index (χ1v) is 9.61. The summed E-state index contributed by atoms with van der Waals surface area (Å²) in [6.45, 7) is 5.18. The second-order valence-electron chi connectivity index (χ2n) is 7.58. The molecule has 0 radical (unpaired) electrons. The van der Waals surface area contributed by atoms with Crippen LogP contribution in [0.1, 0.15) is 24.0 Å². The number of benzene rings is 2. The van der Waals surface area contributed by atoms with Crippen LogP contribution in [0, 0.1) is 0 Å². The number of morpholine rings is 1. The molecule has 2 aromatic rings. The molecule has 2 saturated heterocycles. The molecule has 4 rings (SSSR count). The van der Waals surface area contributed by atoms with Crippen molar-refractivity contribution >= 4 is 11.7 Å². The van der Waals surface area contributed by atoms with Crippen LogP contribution < -0.4 is 0 Å². The predicted octanol–water partition coefficient (Wildman–Crippen LogP) is 3.63. The van der Waals surface area contributed by atoms with Gasteiger partial charge in [-0.2, -0.15) is 0 Å². The van der Waals surface area contributed by atoms with E-state index in [-0.39, 0.29) is 24.8 Å². The van der Waals surface area contributed by atoms with Gasteiger partial charge in [-0.05, 0) is 16.7 Å². The molecule has 1 N–H and O–H groups in total. The Morgan fingerprint density at radius 3 is 2.25 bits per heavy atom. The molecule has 0 aliphatic carbocycles. The molecule has 2 aromatic carbocycles. The van der Waals surface area contributed by atoms with Crippen LogP contribution in [-0.4, -0.2) is 47.0 Å². The Morgan fingerprint density at radius 1 is 1.07 bits per heavy atom. The Balaban J connectivity index is 1.47. The number of piperidine rings is 1. The third-order valence-electron chi connectivity index (χ3n) is 5.65. The molecule has 146 valence electrons. The summed E-state index contributed by atoms with van der Waals surface area (Å²) in [5.41, 5.74) is 1.51. The number of nitrogens with zero attached hydrogens (tertiary/aromatic N) is 1. The van der Waals surface area contributed by atoms with E-state index in [0.717, 1.165) is 11.1 Å². The summed E-state index contributed by atoms with van der Waals surface area (Å²) in [5, 5.41) is 11.4. The Labute approximate surface area is 165 Å². The van der Waals surface area contributed by atoms with Crippen molar-refractivity contribution < 1.29 is 19.4 Å². The van der Waals surface area contributed by atoms with Crippen molar-refractivity contribution in [2.75, 3.05) is 13.2 Å². The summed E-state index contributed by atoms with van der Waals surface area (Å²) in [7, 11) is 0. The average Bonchev–Trinajstić information content (AvgIpc) is 2.72. The van der Waals surface area contributed by atoms with Crippen molar-refractivity contribution in [1.82, 2.24) is 4.90 Å². The van der Waals surface area contributed by atoms with Gasteiger partial charge in [0.15, 0.2) is 0 Å². The van der Waals surface area contributed by atoms with E-state index >= 15 is 0 Å². The van der Waals surface area contributed by atoms with E-state index in [1.807, 2.05) is 60.7 Å². The molecule has 2 heterocycles. The lowest BCUT2D eigenvalue weighted by Gasteiger charge is -2.51. The maximum atomic E-state index is 12.8. The second kappa shape index (κ2) is 7.78. The summed E-state index contributed by atoms with van der Waals surface area (Å²) in [4.78, 5) is 14.5. The van der Waals surface area contributed by atoms with Gasteiger partial charge in [-0.3, -0.25) is 4.90 Å². The number of aliphatic hydroxyl groups is 1. The monoisotopic (exact) mass is 379 g/mol. The molecule has 0 aromatic heterocycles. The quantitative estimate of drug-likeness (QED) is 0.881. The number of fused-ring (bicyclic) bond motifs is 2. The van der Waals surface area contributed by atoms with Gasteiger partial charge in [0, 0.05) is 12.8 Å². The summed E-state index contributed by atoms with van der Waals surface area (Å²) >= 11 is 0. The highest BCUT2D eigenvalue weighted by molar-refractivity contribution is 5.73. The van der Waals surface area contributed by atoms with E-state index in [9.17, 15) is 9.90 Å². The van der Waals surface area contributed by atoms with Crippen LogP contribution in [0.15, 0.2) is 67.2 Å². The van der Waals surface area contributed by atoms with E-state index in [0.29, 0.717) is 31.6 Å². The van der Waals surface area contributed by atoms with Gasteiger partial charge in [-0.25, -0.2) is 4.79 Å². The van der Waals surface area contributed by atoms with Gasteiger partial charge in [0.25, 0.3) is 0 Å². The summed E-state index contributed by atoms with van der Waals surface area (Å²) in [6.07, 6.45) is 0.421. The molecule has 2 aliphatic rings. The topological polar surface area (TPSA) is 59.0 Å². The first kappa shape index (κ1) is 18.7.